The first-order valence-corrected chi connectivity index (χ1v) is 11.0. The van der Waals surface area contributed by atoms with E-state index < -0.39 is 0 Å². The Morgan fingerprint density at radius 2 is 1.55 bits per heavy atom. The van der Waals surface area contributed by atoms with Gasteiger partial charge in [0, 0.05) is 23.1 Å². The Kier molecular flexibility index (Phi) is 5.03. The number of rotatable bonds is 5. The molecule has 2 heterocycles. The second kappa shape index (κ2) is 7.86. The van der Waals surface area contributed by atoms with Crippen molar-refractivity contribution in [3.8, 4) is 16.9 Å². The van der Waals surface area contributed by atoms with E-state index in [1.807, 2.05) is 54.6 Å². The Hall–Kier alpha value is -3.11. The number of phenols is 1. The van der Waals surface area contributed by atoms with Crippen molar-refractivity contribution in [3.63, 3.8) is 0 Å². The molecular weight excluding hydrogens is 386 g/mol. The largest absolute Gasteiger partial charge is 0.508 e. The number of carbonyl (C=O) groups is 1. The highest BCUT2D eigenvalue weighted by atomic mass is 16.3. The predicted octanol–water partition coefficient (Wildman–Crippen LogP) is 4.66. The molecule has 4 nitrogen and oxygen atoms in total. The first kappa shape index (κ1) is 19.8. The molecule has 2 bridgehead atoms. The van der Waals surface area contributed by atoms with Gasteiger partial charge in [-0.2, -0.15) is 0 Å². The summed E-state index contributed by atoms with van der Waals surface area (Å²) >= 11 is 0. The molecule has 0 aliphatic carbocycles. The van der Waals surface area contributed by atoms with Gasteiger partial charge in [-0.25, -0.2) is 0 Å². The summed E-state index contributed by atoms with van der Waals surface area (Å²) in [5.41, 5.74) is 3.66. The normalized spacial score (nSPS) is 24.5. The molecule has 3 aromatic carbocycles. The van der Waals surface area contributed by atoms with E-state index in [-0.39, 0.29) is 35.8 Å². The summed E-state index contributed by atoms with van der Waals surface area (Å²) in [6, 6.07) is 25.3. The number of carbonyl (C=O) groups excluding carboxylic acids is 1. The molecule has 2 aliphatic rings. The Bertz CT molecular complexity index is 1060. The number of benzene rings is 3. The fraction of sp³-hybridized carbons (Fsp3) is 0.296. The fourth-order valence-electron chi connectivity index (χ4n) is 5.62. The van der Waals surface area contributed by atoms with Crippen molar-refractivity contribution in [1.82, 2.24) is 4.90 Å². The second-order valence-corrected chi connectivity index (χ2v) is 8.97. The standard InChI is InChI=1S/C27H27NO3/c29-18-27(16-19-4-2-1-3-5-19)17-23-12-15-25(27)28(23)26(31)22-8-6-20(7-9-22)21-10-13-24(30)14-11-21/h1-11,13-14,23,25,29-30H,12,15-18H2/t23-,25+,27-/m1/s1. The van der Waals surface area contributed by atoms with Gasteiger partial charge in [-0.15, -0.1) is 0 Å². The van der Waals surface area contributed by atoms with E-state index in [0.29, 0.717) is 5.56 Å². The zero-order valence-corrected chi connectivity index (χ0v) is 17.4. The van der Waals surface area contributed by atoms with Gasteiger partial charge in [0.2, 0.25) is 0 Å². The summed E-state index contributed by atoms with van der Waals surface area (Å²) in [6.45, 7) is 0.104. The van der Waals surface area contributed by atoms with Crippen LogP contribution < -0.4 is 0 Å². The van der Waals surface area contributed by atoms with Crippen LogP contribution in [0, 0.1) is 5.41 Å². The number of fused-ring (bicyclic) bond motifs is 2. The van der Waals surface area contributed by atoms with Crippen LogP contribution in [-0.2, 0) is 6.42 Å². The van der Waals surface area contributed by atoms with Crippen LogP contribution in [0.25, 0.3) is 11.1 Å². The van der Waals surface area contributed by atoms with Gasteiger partial charge >= 0.3 is 0 Å². The predicted molar refractivity (Wildman–Crippen MR) is 121 cm³/mol. The molecule has 0 unspecified atom stereocenters. The zero-order chi connectivity index (χ0) is 21.4. The van der Waals surface area contributed by atoms with E-state index in [2.05, 4.69) is 17.0 Å². The molecule has 3 aromatic rings. The fourth-order valence-corrected chi connectivity index (χ4v) is 5.62. The average molecular weight is 414 g/mol. The quantitative estimate of drug-likeness (QED) is 0.640. The van der Waals surface area contributed by atoms with Crippen molar-refractivity contribution in [2.75, 3.05) is 6.61 Å². The number of aromatic hydroxyl groups is 1. The van der Waals surface area contributed by atoms with Crippen molar-refractivity contribution in [2.24, 2.45) is 5.41 Å². The molecule has 4 heteroatoms. The number of phenolic OH excluding ortho intramolecular Hbond substituents is 1. The molecule has 5 rings (SSSR count). The van der Waals surface area contributed by atoms with Gasteiger partial charge in [0.05, 0.1) is 6.61 Å². The molecule has 31 heavy (non-hydrogen) atoms. The molecule has 158 valence electrons. The van der Waals surface area contributed by atoms with Crippen molar-refractivity contribution in [3.05, 3.63) is 90.0 Å². The van der Waals surface area contributed by atoms with E-state index >= 15 is 0 Å². The van der Waals surface area contributed by atoms with Crippen molar-refractivity contribution >= 4 is 5.91 Å². The number of amides is 1. The lowest BCUT2D eigenvalue weighted by Gasteiger charge is -2.36. The minimum atomic E-state index is -0.258. The van der Waals surface area contributed by atoms with Crippen molar-refractivity contribution < 1.29 is 15.0 Å². The smallest absolute Gasteiger partial charge is 0.254 e. The molecule has 0 aromatic heterocycles. The van der Waals surface area contributed by atoms with Crippen LogP contribution in [0.2, 0.25) is 0 Å². The van der Waals surface area contributed by atoms with Crippen LogP contribution >= 0.6 is 0 Å². The van der Waals surface area contributed by atoms with Gasteiger partial charge in [-0.3, -0.25) is 4.79 Å². The highest BCUT2D eigenvalue weighted by molar-refractivity contribution is 5.95. The number of nitrogens with zero attached hydrogens (tertiary/aromatic N) is 1. The average Bonchev–Trinajstić information content (AvgIpc) is 3.36. The van der Waals surface area contributed by atoms with E-state index in [1.54, 1.807) is 12.1 Å². The molecule has 3 atom stereocenters. The van der Waals surface area contributed by atoms with Crippen LogP contribution in [0.4, 0.5) is 0 Å². The van der Waals surface area contributed by atoms with E-state index in [0.717, 1.165) is 36.8 Å². The summed E-state index contributed by atoms with van der Waals surface area (Å²) in [5, 5.41) is 19.9. The molecule has 2 N–H and O–H groups in total. The number of aliphatic hydroxyl groups excluding tert-OH is 1. The molecule has 2 aliphatic heterocycles. The van der Waals surface area contributed by atoms with Crippen molar-refractivity contribution in [1.29, 1.82) is 0 Å². The number of hydrogen-bond acceptors (Lipinski definition) is 3. The minimum Gasteiger partial charge on any atom is -0.508 e. The van der Waals surface area contributed by atoms with Gasteiger partial charge in [0.25, 0.3) is 5.91 Å². The molecule has 0 saturated carbocycles. The highest BCUT2D eigenvalue weighted by Crippen LogP contribution is 2.51. The SMILES string of the molecule is O=C(c1ccc(-c2ccc(O)cc2)cc1)N1[C@@H]2CC[C@H]1[C@](CO)(Cc1ccccc1)C2. The number of hydrogen-bond donors (Lipinski definition) is 2. The maximum atomic E-state index is 13.5. The second-order valence-electron chi connectivity index (χ2n) is 8.97. The van der Waals surface area contributed by atoms with Gasteiger partial charge in [-0.1, -0.05) is 54.6 Å². The lowest BCUT2D eigenvalue weighted by molar-refractivity contribution is 0.0571. The summed E-state index contributed by atoms with van der Waals surface area (Å²) in [4.78, 5) is 15.5. The lowest BCUT2D eigenvalue weighted by Crippen LogP contribution is -2.43. The molecule has 0 spiro atoms. The van der Waals surface area contributed by atoms with Crippen molar-refractivity contribution in [2.45, 2.75) is 37.8 Å². The Morgan fingerprint density at radius 1 is 0.903 bits per heavy atom. The third-order valence-corrected chi connectivity index (χ3v) is 7.13. The van der Waals surface area contributed by atoms with E-state index in [9.17, 15) is 15.0 Å². The maximum absolute atomic E-state index is 13.5. The highest BCUT2D eigenvalue weighted by Gasteiger charge is 2.57. The third kappa shape index (κ3) is 3.51. The van der Waals surface area contributed by atoms with Gasteiger partial charge in [0.1, 0.15) is 5.75 Å². The first-order chi connectivity index (χ1) is 15.1. The first-order valence-electron chi connectivity index (χ1n) is 11.0. The zero-order valence-electron chi connectivity index (χ0n) is 17.4. The lowest BCUT2D eigenvalue weighted by atomic mass is 9.70. The van der Waals surface area contributed by atoms with Crippen LogP contribution in [-0.4, -0.2) is 39.7 Å². The summed E-state index contributed by atoms with van der Waals surface area (Å²) in [5.74, 6) is 0.302. The third-order valence-electron chi connectivity index (χ3n) is 7.13. The van der Waals surface area contributed by atoms with Crippen LogP contribution in [0.15, 0.2) is 78.9 Å². The molecular formula is C27H27NO3. The van der Waals surface area contributed by atoms with E-state index in [4.69, 9.17) is 0 Å². The molecule has 2 saturated heterocycles. The summed E-state index contributed by atoms with van der Waals surface area (Å²) in [6.07, 6.45) is 3.63. The Morgan fingerprint density at radius 3 is 2.19 bits per heavy atom. The van der Waals surface area contributed by atoms with E-state index in [1.165, 1.54) is 5.56 Å². The molecule has 0 radical (unpaired) electrons. The number of aliphatic hydroxyl groups is 1. The van der Waals surface area contributed by atoms with Gasteiger partial charge in [-0.05, 0) is 66.6 Å². The minimum absolute atomic E-state index is 0.0631. The van der Waals surface area contributed by atoms with Gasteiger partial charge < -0.3 is 15.1 Å². The topological polar surface area (TPSA) is 60.8 Å². The summed E-state index contributed by atoms with van der Waals surface area (Å²) in [7, 11) is 0. The van der Waals surface area contributed by atoms with Crippen LogP contribution in [0.1, 0.15) is 35.2 Å². The Balaban J connectivity index is 1.37. The molecule has 2 fully saturated rings. The Labute approximate surface area is 182 Å². The maximum Gasteiger partial charge on any atom is 0.254 e. The summed E-state index contributed by atoms with van der Waals surface area (Å²) < 4.78 is 0. The van der Waals surface area contributed by atoms with Gasteiger partial charge in [0.15, 0.2) is 0 Å². The molecule has 1 amide bonds. The monoisotopic (exact) mass is 413 g/mol. The van der Waals surface area contributed by atoms with Crippen LogP contribution in [0.3, 0.4) is 0 Å². The van der Waals surface area contributed by atoms with Crippen LogP contribution in [0.5, 0.6) is 5.75 Å².